The zero-order chi connectivity index (χ0) is 35.6. The lowest BCUT2D eigenvalue weighted by Crippen LogP contribution is -2.38. The molecule has 7 N–H and O–H groups in total. The van der Waals surface area contributed by atoms with E-state index < -0.39 is 93.9 Å². The van der Waals surface area contributed by atoms with Crippen LogP contribution in [0, 0.1) is 6.85 Å². The van der Waals surface area contributed by atoms with Gasteiger partial charge >= 0.3 is 29.2 Å². The van der Waals surface area contributed by atoms with E-state index in [0.717, 1.165) is 0 Å². The van der Waals surface area contributed by atoms with Crippen molar-refractivity contribution in [2.45, 2.75) is 31.3 Å². The first-order valence-corrected chi connectivity index (χ1v) is 11.0. The molecule has 20 heteroatoms. The second-order valence-electron chi connectivity index (χ2n) is 4.66. The molecule has 0 amide bonds. The molecule has 30 heavy (non-hydrogen) atoms. The van der Waals surface area contributed by atoms with Crippen LogP contribution in [0.5, 0.6) is 0 Å². The average molecular weight is 513 g/mol. The number of aliphatic hydroxyl groups is 2. The number of nitrogens with zero attached hydrogens (tertiary/aromatic N) is 1. The van der Waals surface area contributed by atoms with E-state index in [1.54, 1.807) is 0 Å². The number of H-pyrrole nitrogens is 1. The molecule has 0 bridgehead atoms. The van der Waals surface area contributed by atoms with Gasteiger partial charge in [0, 0.05) is 15.8 Å². The maximum Gasteiger partial charge on any atom is 0.490 e. The maximum absolute atomic E-state index is 12.9. The molecule has 1 aliphatic rings. The van der Waals surface area contributed by atoms with Crippen LogP contribution in [0.15, 0.2) is 15.8 Å². The molecule has 0 aliphatic carbocycles. The fourth-order valence-electron chi connectivity index (χ4n) is 1.53. The Morgan fingerprint density at radius 1 is 1.33 bits per heavy atom. The third-order valence-corrected chi connectivity index (χ3v) is 6.09. The molecule has 0 aromatic carbocycles. The number of aromatic amines is 1. The van der Waals surface area contributed by atoms with Crippen LogP contribution in [0.2, 0.25) is 1.41 Å². The van der Waals surface area contributed by atoms with E-state index in [1.165, 1.54) is 0 Å². The van der Waals surface area contributed by atoms with Crippen molar-refractivity contribution in [3.8, 4) is 0 Å². The lowest BCUT2D eigenvalue weighted by Gasteiger charge is -2.19. The fourth-order valence-corrected chi connectivity index (χ4v) is 4.30. The highest BCUT2D eigenvalue weighted by molar-refractivity contribution is 7.66. The van der Waals surface area contributed by atoms with E-state index in [9.17, 15) is 28.2 Å². The quantitative estimate of drug-likeness (QED) is 0.146. The van der Waals surface area contributed by atoms with Gasteiger partial charge in [-0.3, -0.25) is 18.9 Å². The number of hydrogen-bond acceptors (Lipinski definition) is 13. The Balaban J connectivity index is 2.91. The molecule has 1 aliphatic heterocycles. The molecule has 1 aromatic heterocycles. The van der Waals surface area contributed by atoms with Crippen molar-refractivity contribution in [2.24, 2.45) is 0 Å². The molecule has 172 valence electrons. The molecule has 1 fully saturated rings. The highest BCUT2D eigenvalue weighted by atomic mass is 31.3. The van der Waals surface area contributed by atoms with Gasteiger partial charge in [-0.1, -0.05) is 0 Å². The fraction of sp³-hybridized carbons (Fsp3) is 0.600. The van der Waals surface area contributed by atoms with Gasteiger partial charge in [-0.15, -0.1) is 0 Å². The lowest BCUT2D eigenvalue weighted by molar-refractivity contribution is -0.0543. The molecule has 17 nitrogen and oxygen atoms in total. The Bertz CT molecular complexity index is 1610. The van der Waals surface area contributed by atoms with Gasteiger partial charge in [0.15, 0.2) is 7.62 Å². The monoisotopic (exact) mass is 513 g/mol. The highest BCUT2D eigenvalue weighted by Crippen LogP contribution is 2.66. The number of phosphoric acid groups is 3. The van der Waals surface area contributed by atoms with Crippen molar-refractivity contribution >= 4 is 23.5 Å². The Morgan fingerprint density at radius 3 is 2.67 bits per heavy atom. The topological polar surface area (TPSA) is 264 Å². The van der Waals surface area contributed by atoms with Crippen molar-refractivity contribution in [3.05, 3.63) is 32.6 Å². The Labute approximate surface area is 187 Å². The third kappa shape index (κ3) is 6.48. The summed E-state index contributed by atoms with van der Waals surface area (Å²) in [5.41, 5.74) is -6.04. The van der Waals surface area contributed by atoms with Gasteiger partial charge in [-0.25, -0.2) is 18.5 Å². The number of hydrogen-bond donors (Lipinski definition) is 7. The van der Waals surface area contributed by atoms with Gasteiger partial charge in [0.2, 0.25) is 5.72 Å². The molecule has 7 atom stereocenters. The van der Waals surface area contributed by atoms with Crippen molar-refractivity contribution in [3.63, 3.8) is 0 Å². The standard InChI is InChI=1S/C10H17N2O15P3/c1-4-2-12(10(16)11-8(4)15)9-7(14)6(13)5(25-9)3-24-29(20,21)27-30(22,23)26-28(17,18)19/h2,5-7,9,13-14H,3H2,1H3,(H,20,21)(H,22,23)(H,11,15,16)(H2,17,18,19)/t5-,6-,7?,9-/m1/s1/i1D3,2D,3D2,5D,6D,7D,9D,13D,14D/hD3. The highest BCUT2D eigenvalue weighted by Gasteiger charge is 2.46. The van der Waals surface area contributed by atoms with Crippen molar-refractivity contribution in [1.82, 2.24) is 9.54 Å². The molecule has 2 rings (SSSR count). The molecule has 1 saturated heterocycles. The van der Waals surface area contributed by atoms with Crippen LogP contribution in [0.3, 0.4) is 0 Å². The maximum atomic E-state index is 12.9. The Morgan fingerprint density at radius 2 is 2.07 bits per heavy atom. The number of nitrogens with one attached hydrogen (secondary N) is 1. The first-order chi connectivity index (χ1) is 20.0. The largest absolute Gasteiger partial charge is 0.490 e. The van der Waals surface area contributed by atoms with Crippen LogP contribution in [0.1, 0.15) is 25.5 Å². The van der Waals surface area contributed by atoms with Gasteiger partial charge in [0.05, 0.1) is 16.2 Å². The minimum atomic E-state index is -6.49. The molecule has 4 unspecified atom stereocenters. The number of rotatable bonds is 12. The molecular formula is C10H17N2O15P3. The number of phosphoric ester groups is 1. The van der Waals surface area contributed by atoms with Crippen molar-refractivity contribution in [2.75, 3.05) is 6.56 Å². The number of ether oxygens (including phenoxy) is 1. The zero-order valence-corrected chi connectivity index (χ0v) is 16.1. The van der Waals surface area contributed by atoms with Gasteiger partial charge in [0.25, 0.3) is 5.56 Å². The summed E-state index contributed by atoms with van der Waals surface area (Å²) in [6, 6.07) is 0. The molecule has 1 aromatic rings. The predicted molar refractivity (Wildman–Crippen MR) is 91.8 cm³/mol. The molecule has 0 radical (unpaired) electrons. The second kappa shape index (κ2) is 8.84. The minimum Gasteiger partial charge on any atom is -0.387 e. The summed E-state index contributed by atoms with van der Waals surface area (Å²) in [6.07, 6.45) is -19.9. The Hall–Kier alpha value is -1.03. The zero-order valence-electron chi connectivity index (χ0n) is 28.4. The SMILES string of the molecule is [2H]OC1([2H])[C@]([2H])(n2c([2H])c(C([2H])([2H])[2H])c(=O)n([2H])c2=O)O[C@]([2H])(C([2H])([2H])OP(=O)(O[2H])OP(=O)(O)OP(=O)(O)O[2H])[C@@]1([2H])O[2H]. The minimum absolute atomic E-state index is 0.772. The van der Waals surface area contributed by atoms with E-state index in [1.807, 2.05) is 0 Å². The van der Waals surface area contributed by atoms with E-state index in [0.29, 0.717) is 0 Å². The summed E-state index contributed by atoms with van der Waals surface area (Å²) in [5.74, 6) is 0. The van der Waals surface area contributed by atoms with Crippen molar-refractivity contribution in [1.29, 1.82) is 5.72 Å². The van der Waals surface area contributed by atoms with Crippen LogP contribution >= 0.6 is 23.5 Å². The van der Waals surface area contributed by atoms with Gasteiger partial charge < -0.3 is 34.5 Å². The Kier molecular flexibility index (Phi) is 3.30. The van der Waals surface area contributed by atoms with E-state index in [-0.39, 0.29) is 0 Å². The van der Waals surface area contributed by atoms with Crippen LogP contribution in [0.4, 0.5) is 0 Å². The normalized spacial score (nSPS) is 48.1. The predicted octanol–water partition coefficient (Wildman–Crippen LogP) is -2.19. The summed E-state index contributed by atoms with van der Waals surface area (Å²) >= 11 is 0. The molecule has 0 saturated carbocycles. The lowest BCUT2D eigenvalue weighted by atomic mass is 10.1. The summed E-state index contributed by atoms with van der Waals surface area (Å²) in [7, 11) is -18.7. The van der Waals surface area contributed by atoms with Gasteiger partial charge in [-0.2, -0.15) is 8.62 Å². The number of aromatic nitrogens is 2. The molecular weight excluding hydrogens is 481 g/mol. The first kappa shape index (κ1) is 11.2. The smallest absolute Gasteiger partial charge is 0.387 e. The van der Waals surface area contributed by atoms with E-state index >= 15 is 0 Å². The summed E-state index contributed by atoms with van der Waals surface area (Å²) in [5, 5.41) is 7.77. The first-order valence-electron chi connectivity index (χ1n) is 13.6. The van der Waals surface area contributed by atoms with Gasteiger partial charge in [-0.05, 0) is 6.85 Å². The van der Waals surface area contributed by atoms with Gasteiger partial charge in [0.1, 0.15) is 18.2 Å². The second-order valence-corrected chi connectivity index (χ2v) is 8.91. The van der Waals surface area contributed by atoms with E-state index in [2.05, 4.69) is 37.9 Å². The molecule has 0 spiro atoms. The van der Waals surface area contributed by atoms with Crippen molar-refractivity contribution < 1.29 is 76.5 Å². The molecule has 2 heterocycles. The summed E-state index contributed by atoms with van der Waals surface area (Å²) in [4.78, 5) is 49.3. The average Bonchev–Trinajstić information content (AvgIpc) is 3.02. The van der Waals surface area contributed by atoms with E-state index in [4.69, 9.17) is 25.7 Å². The van der Waals surface area contributed by atoms with Crippen LogP contribution < -0.4 is 11.2 Å². The summed E-state index contributed by atoms with van der Waals surface area (Å²) < 4.78 is 167. The third-order valence-electron chi connectivity index (χ3n) is 2.49. The van der Waals surface area contributed by atoms with Crippen LogP contribution in [-0.2, 0) is 31.6 Å². The van der Waals surface area contributed by atoms with Crippen LogP contribution in [-0.4, -0.2) is 69.9 Å². The summed E-state index contributed by atoms with van der Waals surface area (Å²) in [6.45, 7) is -8.42. The van der Waals surface area contributed by atoms with Crippen LogP contribution in [0.25, 0.3) is 0 Å².